The monoisotopic (exact) mass is 297 g/mol. The Morgan fingerprint density at radius 1 is 1.40 bits per heavy atom. The molecule has 0 aliphatic carbocycles. The van der Waals surface area contributed by atoms with Gasteiger partial charge in [-0.05, 0) is 44.6 Å². The van der Waals surface area contributed by atoms with E-state index in [0.29, 0.717) is 12.5 Å². The maximum atomic E-state index is 12.2. The highest BCUT2D eigenvalue weighted by Crippen LogP contribution is 2.16. The van der Waals surface area contributed by atoms with Crippen molar-refractivity contribution < 1.29 is 4.79 Å². The highest BCUT2D eigenvalue weighted by molar-refractivity contribution is 5.94. The van der Waals surface area contributed by atoms with Crippen molar-refractivity contribution in [2.45, 2.75) is 6.42 Å². The lowest BCUT2D eigenvalue weighted by Crippen LogP contribution is -2.37. The van der Waals surface area contributed by atoms with E-state index >= 15 is 0 Å². The first-order chi connectivity index (χ1) is 9.20. The number of rotatable bonds is 5. The Bertz CT molecular complexity index is 413. The number of carbonyl (C=O) groups excluding carboxylic acids is 1. The molecule has 20 heavy (non-hydrogen) atoms. The third kappa shape index (κ3) is 4.47. The van der Waals surface area contributed by atoms with Crippen molar-refractivity contribution in [1.29, 1.82) is 0 Å². The number of benzene rings is 1. The van der Waals surface area contributed by atoms with Gasteiger partial charge in [-0.2, -0.15) is 0 Å². The SMILES string of the molecule is CNCC1CCN(CC(=O)N(C)c2ccccc2)C1.Cl. The van der Waals surface area contributed by atoms with E-state index in [9.17, 15) is 4.79 Å². The Morgan fingerprint density at radius 2 is 2.10 bits per heavy atom. The predicted molar refractivity (Wildman–Crippen MR) is 85.6 cm³/mol. The van der Waals surface area contributed by atoms with Crippen molar-refractivity contribution in [3.05, 3.63) is 30.3 Å². The second-order valence-corrected chi connectivity index (χ2v) is 5.24. The minimum atomic E-state index is 0. The molecule has 5 heteroatoms. The van der Waals surface area contributed by atoms with Crippen molar-refractivity contribution in [3.63, 3.8) is 0 Å². The van der Waals surface area contributed by atoms with Gasteiger partial charge in [-0.25, -0.2) is 0 Å². The van der Waals surface area contributed by atoms with Gasteiger partial charge in [0, 0.05) is 19.3 Å². The third-order valence-electron chi connectivity index (χ3n) is 3.74. The Balaban J connectivity index is 0.00000200. The number of halogens is 1. The molecule has 1 aliphatic heterocycles. The molecule has 2 rings (SSSR count). The van der Waals surface area contributed by atoms with Crippen LogP contribution in [0.5, 0.6) is 0 Å². The summed E-state index contributed by atoms with van der Waals surface area (Å²) < 4.78 is 0. The highest BCUT2D eigenvalue weighted by atomic mass is 35.5. The lowest BCUT2D eigenvalue weighted by atomic mass is 10.1. The van der Waals surface area contributed by atoms with Crippen molar-refractivity contribution in [3.8, 4) is 0 Å². The molecule has 1 fully saturated rings. The minimum Gasteiger partial charge on any atom is -0.319 e. The largest absolute Gasteiger partial charge is 0.319 e. The average Bonchev–Trinajstić information content (AvgIpc) is 2.86. The number of hydrogen-bond acceptors (Lipinski definition) is 3. The number of para-hydroxylation sites is 1. The van der Waals surface area contributed by atoms with Crippen molar-refractivity contribution in [1.82, 2.24) is 10.2 Å². The van der Waals surface area contributed by atoms with Crippen LogP contribution in [0.15, 0.2) is 30.3 Å². The number of nitrogens with zero attached hydrogens (tertiary/aromatic N) is 2. The first-order valence-corrected chi connectivity index (χ1v) is 6.89. The number of amides is 1. The summed E-state index contributed by atoms with van der Waals surface area (Å²) in [7, 11) is 3.83. The van der Waals surface area contributed by atoms with Crippen LogP contribution in [-0.4, -0.2) is 51.1 Å². The van der Waals surface area contributed by atoms with E-state index in [0.717, 1.165) is 25.3 Å². The quantitative estimate of drug-likeness (QED) is 0.897. The molecule has 0 aromatic heterocycles. The van der Waals surface area contributed by atoms with Crippen molar-refractivity contribution in [2.24, 2.45) is 5.92 Å². The van der Waals surface area contributed by atoms with E-state index in [2.05, 4.69) is 10.2 Å². The van der Waals surface area contributed by atoms with E-state index in [-0.39, 0.29) is 18.3 Å². The lowest BCUT2D eigenvalue weighted by Gasteiger charge is -2.21. The third-order valence-corrected chi connectivity index (χ3v) is 3.74. The van der Waals surface area contributed by atoms with Gasteiger partial charge in [0.1, 0.15) is 0 Å². The molecule has 1 aromatic carbocycles. The zero-order valence-electron chi connectivity index (χ0n) is 12.2. The fourth-order valence-electron chi connectivity index (χ4n) is 2.60. The van der Waals surface area contributed by atoms with Crippen LogP contribution in [0.25, 0.3) is 0 Å². The molecule has 1 heterocycles. The van der Waals surface area contributed by atoms with Gasteiger partial charge in [-0.3, -0.25) is 9.69 Å². The van der Waals surface area contributed by atoms with E-state index in [1.165, 1.54) is 6.42 Å². The van der Waals surface area contributed by atoms with Gasteiger partial charge in [-0.15, -0.1) is 12.4 Å². The zero-order valence-corrected chi connectivity index (χ0v) is 13.0. The normalized spacial score (nSPS) is 18.6. The summed E-state index contributed by atoms with van der Waals surface area (Å²) in [4.78, 5) is 16.2. The molecule has 1 atom stereocenters. The van der Waals surface area contributed by atoms with E-state index in [1.807, 2.05) is 44.4 Å². The van der Waals surface area contributed by atoms with Gasteiger partial charge in [0.15, 0.2) is 0 Å². The van der Waals surface area contributed by atoms with Gasteiger partial charge in [0.25, 0.3) is 0 Å². The fraction of sp³-hybridized carbons (Fsp3) is 0.533. The molecule has 0 bridgehead atoms. The summed E-state index contributed by atoms with van der Waals surface area (Å²) >= 11 is 0. The van der Waals surface area contributed by atoms with E-state index < -0.39 is 0 Å². The molecule has 112 valence electrons. The summed E-state index contributed by atoms with van der Waals surface area (Å²) in [6.07, 6.45) is 1.18. The number of likely N-dealkylation sites (tertiary alicyclic amines) is 1. The number of nitrogens with one attached hydrogen (secondary N) is 1. The second kappa shape index (κ2) is 8.25. The smallest absolute Gasteiger partial charge is 0.240 e. The van der Waals surface area contributed by atoms with Crippen LogP contribution in [0.4, 0.5) is 5.69 Å². The topological polar surface area (TPSA) is 35.6 Å². The predicted octanol–water partition coefficient (Wildman–Crippen LogP) is 1.61. The molecular weight excluding hydrogens is 274 g/mol. The molecule has 1 aromatic rings. The summed E-state index contributed by atoms with van der Waals surface area (Å²) in [6.45, 7) is 3.61. The average molecular weight is 298 g/mol. The zero-order chi connectivity index (χ0) is 13.7. The number of anilines is 1. The standard InChI is InChI=1S/C15H23N3O.ClH/c1-16-10-13-8-9-18(11-13)12-15(19)17(2)14-6-4-3-5-7-14;/h3-7,13,16H,8-12H2,1-2H3;1H. The molecule has 1 N–H and O–H groups in total. The molecule has 1 aliphatic rings. The van der Waals surface area contributed by atoms with Crippen molar-refractivity contribution >= 4 is 24.0 Å². The van der Waals surface area contributed by atoms with Gasteiger partial charge < -0.3 is 10.2 Å². The van der Waals surface area contributed by atoms with Crippen LogP contribution in [0.3, 0.4) is 0 Å². The highest BCUT2D eigenvalue weighted by Gasteiger charge is 2.24. The van der Waals surface area contributed by atoms with Gasteiger partial charge >= 0.3 is 0 Å². The Morgan fingerprint density at radius 3 is 2.75 bits per heavy atom. The lowest BCUT2D eigenvalue weighted by molar-refractivity contribution is -0.119. The Kier molecular flexibility index (Phi) is 6.99. The van der Waals surface area contributed by atoms with E-state index in [4.69, 9.17) is 0 Å². The maximum Gasteiger partial charge on any atom is 0.240 e. The second-order valence-electron chi connectivity index (χ2n) is 5.24. The summed E-state index contributed by atoms with van der Waals surface area (Å²) in [5.74, 6) is 0.844. The molecule has 1 saturated heterocycles. The first-order valence-electron chi connectivity index (χ1n) is 6.89. The Labute approximate surface area is 127 Å². The molecule has 1 amide bonds. The molecule has 0 spiro atoms. The molecule has 0 radical (unpaired) electrons. The van der Waals surface area contributed by atoms with Crippen molar-refractivity contribution in [2.75, 3.05) is 45.2 Å². The van der Waals surface area contributed by atoms with Gasteiger partial charge in [-0.1, -0.05) is 18.2 Å². The van der Waals surface area contributed by atoms with Gasteiger partial charge in [0.2, 0.25) is 5.91 Å². The molecular formula is C15H24ClN3O. The maximum absolute atomic E-state index is 12.2. The van der Waals surface area contributed by atoms with Gasteiger partial charge in [0.05, 0.1) is 6.54 Å². The van der Waals surface area contributed by atoms with Crippen LogP contribution < -0.4 is 10.2 Å². The van der Waals surface area contributed by atoms with Crippen LogP contribution >= 0.6 is 12.4 Å². The minimum absolute atomic E-state index is 0. The summed E-state index contributed by atoms with van der Waals surface area (Å²) in [6, 6.07) is 9.80. The number of hydrogen-bond donors (Lipinski definition) is 1. The number of carbonyl (C=O) groups is 1. The summed E-state index contributed by atoms with van der Waals surface area (Å²) in [5, 5.41) is 3.21. The van der Waals surface area contributed by atoms with Crippen LogP contribution in [0, 0.1) is 5.92 Å². The summed E-state index contributed by atoms with van der Waals surface area (Å²) in [5.41, 5.74) is 0.957. The Hall–Kier alpha value is -1.10. The van der Waals surface area contributed by atoms with Crippen LogP contribution in [0.1, 0.15) is 6.42 Å². The first kappa shape index (κ1) is 17.0. The van der Waals surface area contributed by atoms with Crippen LogP contribution in [-0.2, 0) is 4.79 Å². The molecule has 1 unspecified atom stereocenters. The molecule has 4 nitrogen and oxygen atoms in total. The van der Waals surface area contributed by atoms with E-state index in [1.54, 1.807) is 4.90 Å². The van der Waals surface area contributed by atoms with Crippen LogP contribution in [0.2, 0.25) is 0 Å². The molecule has 0 saturated carbocycles. The fourth-order valence-corrected chi connectivity index (χ4v) is 2.60. The number of likely N-dealkylation sites (N-methyl/N-ethyl adjacent to an activating group) is 1.